The molecule has 1 unspecified atom stereocenters. The highest BCUT2D eigenvalue weighted by Gasteiger charge is 2.34. The largest absolute Gasteiger partial charge is 0.477 e. The molecule has 0 aromatic carbocycles. The van der Waals surface area contributed by atoms with Crippen LogP contribution in [0, 0.1) is 0 Å². The molecule has 21 heavy (non-hydrogen) atoms. The maximum absolute atomic E-state index is 12.6. The molecule has 7 nitrogen and oxygen atoms in total. The highest BCUT2D eigenvalue weighted by atomic mass is 32.2. The number of β-amino-alcohol motifs (C(OH)–C–C–N with tert-alkyl or cyclic N) is 1. The molecule has 0 spiro atoms. The summed E-state index contributed by atoms with van der Waals surface area (Å²) >= 11 is 0. The maximum Gasteiger partial charge on any atom is 0.352 e. The van der Waals surface area contributed by atoms with Gasteiger partial charge in [-0.2, -0.15) is 4.31 Å². The number of hydrogen-bond donors (Lipinski definition) is 2. The fraction of sp³-hybridized carbons (Fsp3) is 0.615. The predicted octanol–water partition coefficient (Wildman–Crippen LogP) is 0.667. The molecule has 2 fully saturated rings. The van der Waals surface area contributed by atoms with Crippen LogP contribution >= 0.6 is 0 Å². The zero-order valence-electron chi connectivity index (χ0n) is 11.5. The van der Waals surface area contributed by atoms with Gasteiger partial charge in [0.1, 0.15) is 10.6 Å². The summed E-state index contributed by atoms with van der Waals surface area (Å²) in [5, 5.41) is 18.8. The van der Waals surface area contributed by atoms with E-state index in [1.54, 1.807) is 0 Å². The predicted molar refractivity (Wildman–Crippen MR) is 73.7 cm³/mol. The summed E-state index contributed by atoms with van der Waals surface area (Å²) in [7, 11) is -3.75. The van der Waals surface area contributed by atoms with Gasteiger partial charge >= 0.3 is 5.97 Å². The van der Waals surface area contributed by atoms with E-state index < -0.39 is 22.1 Å². The lowest BCUT2D eigenvalue weighted by Crippen LogP contribution is -2.41. The lowest BCUT2D eigenvalue weighted by atomic mass is 10.1. The SMILES string of the molecule is O=C(O)c1cc(S(=O)(=O)N2CCCC(O)C2)cn1C1CC1. The zero-order chi connectivity index (χ0) is 15.2. The summed E-state index contributed by atoms with van der Waals surface area (Å²) in [6.45, 7) is 0.426. The van der Waals surface area contributed by atoms with Crippen LogP contribution in [0.25, 0.3) is 0 Å². The zero-order valence-corrected chi connectivity index (χ0v) is 12.3. The summed E-state index contributed by atoms with van der Waals surface area (Å²) in [5.41, 5.74) is 0.00799. The second-order valence-electron chi connectivity index (χ2n) is 5.66. The van der Waals surface area contributed by atoms with Crippen LogP contribution in [0.5, 0.6) is 0 Å². The first-order valence-electron chi connectivity index (χ1n) is 7.03. The Morgan fingerprint density at radius 3 is 2.57 bits per heavy atom. The Morgan fingerprint density at radius 1 is 1.29 bits per heavy atom. The molecule has 8 heteroatoms. The number of aliphatic hydroxyl groups excluding tert-OH is 1. The van der Waals surface area contributed by atoms with Crippen LogP contribution in [0.1, 0.15) is 42.2 Å². The van der Waals surface area contributed by atoms with Crippen LogP contribution in [0.3, 0.4) is 0 Å². The van der Waals surface area contributed by atoms with Crippen molar-refractivity contribution in [2.24, 2.45) is 0 Å². The number of carboxylic acid groups (broad SMARTS) is 1. The second-order valence-corrected chi connectivity index (χ2v) is 7.60. The first-order valence-corrected chi connectivity index (χ1v) is 8.47. The number of rotatable bonds is 4. The highest BCUT2D eigenvalue weighted by Crippen LogP contribution is 2.37. The van der Waals surface area contributed by atoms with Crippen LogP contribution in [-0.4, -0.2) is 52.7 Å². The van der Waals surface area contributed by atoms with Gasteiger partial charge < -0.3 is 14.8 Å². The van der Waals surface area contributed by atoms with Gasteiger partial charge in [0.15, 0.2) is 0 Å². The van der Waals surface area contributed by atoms with Gasteiger partial charge in [-0.25, -0.2) is 13.2 Å². The summed E-state index contributed by atoms with van der Waals surface area (Å²) in [6.07, 6.45) is 3.70. The Hall–Kier alpha value is -1.38. The van der Waals surface area contributed by atoms with Gasteiger partial charge in [-0.05, 0) is 31.7 Å². The number of aliphatic hydroxyl groups is 1. The van der Waals surface area contributed by atoms with E-state index in [1.807, 2.05) is 0 Å². The molecule has 0 bridgehead atoms. The molecule has 116 valence electrons. The molecule has 0 radical (unpaired) electrons. The van der Waals surface area contributed by atoms with Crippen molar-refractivity contribution in [2.45, 2.75) is 42.7 Å². The number of aromatic carboxylic acids is 1. The first kappa shape index (κ1) is 14.6. The molecular weight excluding hydrogens is 296 g/mol. The molecule has 1 atom stereocenters. The van der Waals surface area contributed by atoms with Gasteiger partial charge in [0.05, 0.1) is 6.10 Å². The molecule has 2 N–H and O–H groups in total. The van der Waals surface area contributed by atoms with Crippen LogP contribution < -0.4 is 0 Å². The van der Waals surface area contributed by atoms with Crippen molar-refractivity contribution >= 4 is 16.0 Å². The molecule has 1 aliphatic heterocycles. The normalized spacial score (nSPS) is 24.1. The molecular formula is C13H18N2O5S. The molecule has 0 amide bonds. The Kier molecular flexibility index (Phi) is 3.54. The van der Waals surface area contributed by atoms with Crippen molar-refractivity contribution in [2.75, 3.05) is 13.1 Å². The van der Waals surface area contributed by atoms with E-state index in [0.29, 0.717) is 19.4 Å². The Bertz CT molecular complexity index is 662. The van der Waals surface area contributed by atoms with Gasteiger partial charge in [0.25, 0.3) is 0 Å². The number of piperidine rings is 1. The van der Waals surface area contributed by atoms with Crippen LogP contribution in [0.4, 0.5) is 0 Å². The van der Waals surface area contributed by atoms with Crippen LogP contribution in [-0.2, 0) is 10.0 Å². The molecule has 2 aliphatic rings. The van der Waals surface area contributed by atoms with Gasteiger partial charge in [0.2, 0.25) is 10.0 Å². The smallest absolute Gasteiger partial charge is 0.352 e. The Labute approximate surface area is 122 Å². The summed E-state index contributed by atoms with van der Waals surface area (Å²) < 4.78 is 27.9. The average Bonchev–Trinajstić information content (AvgIpc) is 3.16. The third-order valence-electron chi connectivity index (χ3n) is 3.98. The van der Waals surface area contributed by atoms with E-state index in [0.717, 1.165) is 12.8 Å². The molecule has 2 heterocycles. The third-order valence-corrected chi connectivity index (χ3v) is 5.81. The summed E-state index contributed by atoms with van der Waals surface area (Å²) in [5.74, 6) is -1.12. The van der Waals surface area contributed by atoms with Crippen molar-refractivity contribution in [1.82, 2.24) is 8.87 Å². The lowest BCUT2D eigenvalue weighted by Gasteiger charge is -2.28. The van der Waals surface area contributed by atoms with E-state index in [1.165, 1.54) is 21.1 Å². The average molecular weight is 314 g/mol. The minimum Gasteiger partial charge on any atom is -0.477 e. The van der Waals surface area contributed by atoms with Gasteiger partial charge in [-0.3, -0.25) is 0 Å². The number of carboxylic acids is 1. The quantitative estimate of drug-likeness (QED) is 0.850. The van der Waals surface area contributed by atoms with E-state index in [4.69, 9.17) is 0 Å². The fourth-order valence-electron chi connectivity index (χ4n) is 2.71. The van der Waals surface area contributed by atoms with E-state index >= 15 is 0 Å². The summed E-state index contributed by atoms with van der Waals surface area (Å²) in [4.78, 5) is 11.3. The first-order chi connectivity index (χ1) is 9.89. The van der Waals surface area contributed by atoms with E-state index in [9.17, 15) is 23.4 Å². The number of nitrogens with zero attached hydrogens (tertiary/aromatic N) is 2. The van der Waals surface area contributed by atoms with Gasteiger partial charge in [-0.15, -0.1) is 0 Å². The molecule has 1 aliphatic carbocycles. The van der Waals surface area contributed by atoms with Gasteiger partial charge in [-0.1, -0.05) is 0 Å². The van der Waals surface area contributed by atoms with Crippen molar-refractivity contribution in [3.8, 4) is 0 Å². The molecule has 1 aromatic rings. The third kappa shape index (κ3) is 2.70. The topological polar surface area (TPSA) is 99.8 Å². The second kappa shape index (κ2) is 5.11. The van der Waals surface area contributed by atoms with Crippen molar-refractivity contribution in [1.29, 1.82) is 0 Å². The minimum atomic E-state index is -3.75. The molecule has 1 aromatic heterocycles. The van der Waals surface area contributed by atoms with Gasteiger partial charge in [0, 0.05) is 25.3 Å². The van der Waals surface area contributed by atoms with E-state index in [-0.39, 0.29) is 23.2 Å². The molecule has 1 saturated heterocycles. The fourth-order valence-corrected chi connectivity index (χ4v) is 4.25. The highest BCUT2D eigenvalue weighted by molar-refractivity contribution is 7.89. The lowest BCUT2D eigenvalue weighted by molar-refractivity contribution is 0.0685. The Morgan fingerprint density at radius 2 is 2.00 bits per heavy atom. The van der Waals surface area contributed by atoms with Crippen molar-refractivity contribution in [3.05, 3.63) is 18.0 Å². The van der Waals surface area contributed by atoms with Crippen LogP contribution in [0.2, 0.25) is 0 Å². The van der Waals surface area contributed by atoms with Crippen molar-refractivity contribution < 1.29 is 23.4 Å². The summed E-state index contributed by atoms with van der Waals surface area (Å²) in [6, 6.07) is 1.31. The monoisotopic (exact) mass is 314 g/mol. The van der Waals surface area contributed by atoms with Crippen LogP contribution in [0.15, 0.2) is 17.2 Å². The van der Waals surface area contributed by atoms with Crippen molar-refractivity contribution in [3.63, 3.8) is 0 Å². The minimum absolute atomic E-state index is 0.000833. The number of aromatic nitrogens is 1. The number of hydrogen-bond acceptors (Lipinski definition) is 4. The van der Waals surface area contributed by atoms with E-state index in [2.05, 4.69) is 0 Å². The maximum atomic E-state index is 12.6. The number of carbonyl (C=O) groups is 1. The Balaban J connectivity index is 1.95. The standard InChI is InChI=1S/C13H18N2O5S/c16-10-2-1-5-14(7-10)21(19,20)11-6-12(13(17)18)15(8-11)9-3-4-9/h6,8-10,16H,1-5,7H2,(H,17,18). The molecule has 1 saturated carbocycles. The number of sulfonamides is 1. The molecule has 3 rings (SSSR count).